The first-order valence-electron chi connectivity index (χ1n) is 5.42. The molecule has 0 amide bonds. The Morgan fingerprint density at radius 1 is 1.24 bits per heavy atom. The number of hydrogen-bond acceptors (Lipinski definition) is 3. The monoisotopic (exact) mass is 266 g/mol. The minimum atomic E-state index is 0.469. The summed E-state index contributed by atoms with van der Waals surface area (Å²) >= 11 is 7.39. The van der Waals surface area contributed by atoms with Gasteiger partial charge in [-0.3, -0.25) is 0 Å². The Morgan fingerprint density at radius 3 is 2.41 bits per heavy atom. The lowest BCUT2D eigenvalue weighted by molar-refractivity contribution is 1.12. The topological polar surface area (TPSA) is 16.1 Å². The Morgan fingerprint density at radius 2 is 1.88 bits per heavy atom. The lowest BCUT2D eigenvalue weighted by Gasteiger charge is -2.17. The maximum absolute atomic E-state index is 5.77. The van der Waals surface area contributed by atoms with Crippen LogP contribution in [0.2, 0.25) is 0 Å². The number of aromatic nitrogens is 1. The lowest BCUT2D eigenvalue weighted by Crippen LogP contribution is -2.09. The van der Waals surface area contributed by atoms with E-state index < -0.39 is 0 Å². The van der Waals surface area contributed by atoms with Gasteiger partial charge in [-0.2, -0.15) is 0 Å². The number of thiazole rings is 1. The van der Waals surface area contributed by atoms with Crippen LogP contribution < -0.4 is 4.90 Å². The minimum Gasteiger partial charge on any atom is -0.321 e. The summed E-state index contributed by atoms with van der Waals surface area (Å²) in [7, 11) is 2.03. The van der Waals surface area contributed by atoms with E-state index in [0.29, 0.717) is 5.88 Å². The maximum Gasteiger partial charge on any atom is 0.189 e. The van der Waals surface area contributed by atoms with Crippen molar-refractivity contribution in [2.75, 3.05) is 11.9 Å². The third-order valence-corrected chi connectivity index (χ3v) is 3.80. The first-order valence-corrected chi connectivity index (χ1v) is 6.84. The van der Waals surface area contributed by atoms with E-state index in [1.54, 1.807) is 11.3 Å². The summed E-state index contributed by atoms with van der Waals surface area (Å²) in [5, 5.41) is 2.98. The normalized spacial score (nSPS) is 10.6. The Balaban J connectivity index is 2.32. The SMILES string of the molecule is Cc1cc(C)cc(N(C)c2nc(CCl)cs2)c1. The van der Waals surface area contributed by atoms with Gasteiger partial charge in [0.25, 0.3) is 0 Å². The van der Waals surface area contributed by atoms with Crippen molar-refractivity contribution < 1.29 is 0 Å². The molecule has 0 spiro atoms. The second-order valence-corrected chi connectivity index (χ2v) is 5.26. The maximum atomic E-state index is 5.77. The Kier molecular flexibility index (Phi) is 3.69. The fourth-order valence-electron chi connectivity index (χ4n) is 1.77. The average molecular weight is 267 g/mol. The van der Waals surface area contributed by atoms with Crippen molar-refractivity contribution in [3.05, 3.63) is 40.4 Å². The van der Waals surface area contributed by atoms with Crippen molar-refractivity contribution in [2.45, 2.75) is 19.7 Å². The first-order chi connectivity index (χ1) is 8.10. The second kappa shape index (κ2) is 5.07. The van der Waals surface area contributed by atoms with Gasteiger partial charge in [0.05, 0.1) is 11.6 Å². The third kappa shape index (κ3) is 2.79. The van der Waals surface area contributed by atoms with Crippen LogP contribution in [0.1, 0.15) is 16.8 Å². The molecule has 0 fully saturated rings. The van der Waals surface area contributed by atoms with Gasteiger partial charge in [-0.15, -0.1) is 22.9 Å². The first kappa shape index (κ1) is 12.4. The van der Waals surface area contributed by atoms with Gasteiger partial charge < -0.3 is 4.90 Å². The van der Waals surface area contributed by atoms with E-state index >= 15 is 0 Å². The van der Waals surface area contributed by atoms with E-state index in [9.17, 15) is 0 Å². The number of aryl methyl sites for hydroxylation is 2. The molecule has 4 heteroatoms. The number of nitrogens with zero attached hydrogens (tertiary/aromatic N) is 2. The zero-order valence-corrected chi connectivity index (χ0v) is 11.8. The smallest absolute Gasteiger partial charge is 0.189 e. The van der Waals surface area contributed by atoms with Crippen LogP contribution in [0.3, 0.4) is 0 Å². The van der Waals surface area contributed by atoms with E-state index in [4.69, 9.17) is 11.6 Å². The molecule has 1 aromatic carbocycles. The number of hydrogen-bond donors (Lipinski definition) is 0. The Bertz CT molecular complexity index is 502. The molecule has 0 aliphatic rings. The number of rotatable bonds is 3. The molecule has 1 heterocycles. The Hall–Kier alpha value is -1.06. The summed E-state index contributed by atoms with van der Waals surface area (Å²) in [6.45, 7) is 4.22. The number of alkyl halides is 1. The minimum absolute atomic E-state index is 0.469. The molecule has 0 aliphatic carbocycles. The molecule has 0 aliphatic heterocycles. The zero-order valence-electron chi connectivity index (χ0n) is 10.2. The summed E-state index contributed by atoms with van der Waals surface area (Å²) < 4.78 is 0. The quantitative estimate of drug-likeness (QED) is 0.772. The van der Waals surface area contributed by atoms with Gasteiger partial charge in [-0.25, -0.2) is 4.98 Å². The number of benzene rings is 1. The van der Waals surface area contributed by atoms with Crippen LogP contribution in [-0.2, 0) is 5.88 Å². The van der Waals surface area contributed by atoms with Crippen LogP contribution in [0.4, 0.5) is 10.8 Å². The molecule has 0 bridgehead atoms. The molecule has 0 unspecified atom stereocenters. The van der Waals surface area contributed by atoms with Gasteiger partial charge in [0.15, 0.2) is 5.13 Å². The molecule has 0 saturated carbocycles. The molecule has 0 atom stereocenters. The van der Waals surface area contributed by atoms with Gasteiger partial charge in [-0.1, -0.05) is 6.07 Å². The van der Waals surface area contributed by atoms with Gasteiger partial charge in [0, 0.05) is 18.1 Å². The predicted molar refractivity (Wildman–Crippen MR) is 75.7 cm³/mol. The summed E-state index contributed by atoms with van der Waals surface area (Å²) in [6.07, 6.45) is 0. The van der Waals surface area contributed by atoms with Crippen LogP contribution in [0.5, 0.6) is 0 Å². The van der Waals surface area contributed by atoms with Crippen molar-refractivity contribution in [1.82, 2.24) is 4.98 Å². The highest BCUT2D eigenvalue weighted by Gasteiger charge is 2.09. The van der Waals surface area contributed by atoms with Crippen LogP contribution in [0, 0.1) is 13.8 Å². The van der Waals surface area contributed by atoms with Crippen molar-refractivity contribution >= 4 is 33.8 Å². The highest BCUT2D eigenvalue weighted by molar-refractivity contribution is 7.13. The van der Waals surface area contributed by atoms with Crippen LogP contribution >= 0.6 is 22.9 Å². The largest absolute Gasteiger partial charge is 0.321 e. The molecule has 2 nitrogen and oxygen atoms in total. The van der Waals surface area contributed by atoms with E-state index in [1.807, 2.05) is 12.4 Å². The number of anilines is 2. The van der Waals surface area contributed by atoms with Gasteiger partial charge in [0.2, 0.25) is 0 Å². The fourth-order valence-corrected chi connectivity index (χ4v) is 2.81. The molecule has 0 N–H and O–H groups in total. The molecule has 0 saturated heterocycles. The van der Waals surface area contributed by atoms with Crippen LogP contribution in [-0.4, -0.2) is 12.0 Å². The van der Waals surface area contributed by atoms with Crippen molar-refractivity contribution in [3.8, 4) is 0 Å². The van der Waals surface area contributed by atoms with E-state index in [-0.39, 0.29) is 0 Å². The van der Waals surface area contributed by atoms with E-state index in [1.165, 1.54) is 11.1 Å². The summed E-state index contributed by atoms with van der Waals surface area (Å²) in [4.78, 5) is 6.57. The molecular weight excluding hydrogens is 252 g/mol. The lowest BCUT2D eigenvalue weighted by atomic mass is 10.1. The third-order valence-electron chi connectivity index (χ3n) is 2.56. The summed E-state index contributed by atoms with van der Waals surface area (Å²) in [5.41, 5.74) is 4.63. The predicted octanol–water partition coefficient (Wildman–Crippen LogP) is 4.27. The van der Waals surface area contributed by atoms with Crippen molar-refractivity contribution in [2.24, 2.45) is 0 Å². The Labute approximate surface area is 111 Å². The van der Waals surface area contributed by atoms with Crippen LogP contribution in [0.25, 0.3) is 0 Å². The molecule has 2 aromatic rings. The zero-order chi connectivity index (χ0) is 12.4. The number of halogens is 1. The molecule has 17 heavy (non-hydrogen) atoms. The van der Waals surface area contributed by atoms with Crippen LogP contribution in [0.15, 0.2) is 23.6 Å². The summed E-state index contributed by atoms with van der Waals surface area (Å²) in [5.74, 6) is 0.469. The molecular formula is C13H15ClN2S. The van der Waals surface area contributed by atoms with Gasteiger partial charge >= 0.3 is 0 Å². The highest BCUT2D eigenvalue weighted by Crippen LogP contribution is 2.28. The molecule has 0 radical (unpaired) electrons. The van der Waals surface area contributed by atoms with Gasteiger partial charge in [-0.05, 0) is 37.1 Å². The van der Waals surface area contributed by atoms with Crippen molar-refractivity contribution in [1.29, 1.82) is 0 Å². The van der Waals surface area contributed by atoms with Gasteiger partial charge in [0.1, 0.15) is 0 Å². The second-order valence-electron chi connectivity index (χ2n) is 4.16. The van der Waals surface area contributed by atoms with Crippen molar-refractivity contribution in [3.63, 3.8) is 0 Å². The fraction of sp³-hybridized carbons (Fsp3) is 0.308. The molecule has 90 valence electrons. The van der Waals surface area contributed by atoms with E-state index in [0.717, 1.165) is 16.5 Å². The molecule has 1 aromatic heterocycles. The highest BCUT2D eigenvalue weighted by atomic mass is 35.5. The van der Waals surface area contributed by atoms with E-state index in [2.05, 4.69) is 41.9 Å². The standard InChI is InChI=1S/C13H15ClN2S/c1-9-4-10(2)6-12(5-9)16(3)13-15-11(7-14)8-17-13/h4-6,8H,7H2,1-3H3. The average Bonchev–Trinajstić information content (AvgIpc) is 2.75. The molecule has 2 rings (SSSR count). The summed E-state index contributed by atoms with van der Waals surface area (Å²) in [6, 6.07) is 6.49.